The summed E-state index contributed by atoms with van der Waals surface area (Å²) in [6.07, 6.45) is 1.42. The van der Waals surface area contributed by atoms with E-state index in [1.165, 1.54) is 6.20 Å². The van der Waals surface area contributed by atoms with Crippen molar-refractivity contribution in [2.45, 2.75) is 0 Å². The van der Waals surface area contributed by atoms with Gasteiger partial charge < -0.3 is 10.5 Å². The SMILES string of the molecule is N#Cc1ccc(Oc2c(N)cccc2Cl)nc1. The highest BCUT2D eigenvalue weighted by Gasteiger charge is 2.07. The molecule has 2 N–H and O–H groups in total. The first-order chi connectivity index (χ1) is 8.20. The van der Waals surface area contributed by atoms with Gasteiger partial charge in [-0.15, -0.1) is 0 Å². The van der Waals surface area contributed by atoms with Crippen molar-refractivity contribution in [3.8, 4) is 17.7 Å². The van der Waals surface area contributed by atoms with Gasteiger partial charge in [0.05, 0.1) is 16.3 Å². The van der Waals surface area contributed by atoms with Crippen molar-refractivity contribution in [1.29, 1.82) is 5.26 Å². The fourth-order valence-corrected chi connectivity index (χ4v) is 1.46. The molecule has 4 nitrogen and oxygen atoms in total. The summed E-state index contributed by atoms with van der Waals surface area (Å²) in [5.41, 5.74) is 6.63. The van der Waals surface area contributed by atoms with Crippen LogP contribution < -0.4 is 10.5 Å². The lowest BCUT2D eigenvalue weighted by Gasteiger charge is -2.08. The lowest BCUT2D eigenvalue weighted by atomic mass is 10.3. The molecule has 0 amide bonds. The predicted octanol–water partition coefficient (Wildman–Crippen LogP) is 2.98. The van der Waals surface area contributed by atoms with Crippen LogP contribution in [0.25, 0.3) is 0 Å². The molecule has 0 spiro atoms. The molecular weight excluding hydrogens is 238 g/mol. The van der Waals surface area contributed by atoms with E-state index in [0.717, 1.165) is 0 Å². The molecule has 5 heteroatoms. The van der Waals surface area contributed by atoms with E-state index in [0.29, 0.717) is 27.9 Å². The molecule has 0 aliphatic heterocycles. The van der Waals surface area contributed by atoms with E-state index in [2.05, 4.69) is 4.98 Å². The first-order valence-corrected chi connectivity index (χ1v) is 5.16. The molecule has 0 radical (unpaired) electrons. The van der Waals surface area contributed by atoms with Crippen LogP contribution in [0.1, 0.15) is 5.56 Å². The fraction of sp³-hybridized carbons (Fsp3) is 0. The Morgan fingerprint density at radius 3 is 2.71 bits per heavy atom. The smallest absolute Gasteiger partial charge is 0.219 e. The predicted molar refractivity (Wildman–Crippen MR) is 64.9 cm³/mol. The summed E-state index contributed by atoms with van der Waals surface area (Å²) in [6, 6.07) is 10.3. The van der Waals surface area contributed by atoms with E-state index in [4.69, 9.17) is 27.3 Å². The minimum atomic E-state index is 0.337. The van der Waals surface area contributed by atoms with Crippen LogP contribution in [-0.4, -0.2) is 4.98 Å². The topological polar surface area (TPSA) is 71.9 Å². The summed E-state index contributed by atoms with van der Waals surface area (Å²) in [5, 5.41) is 9.05. The average Bonchev–Trinajstić information content (AvgIpc) is 2.35. The molecule has 0 atom stereocenters. The third-order valence-electron chi connectivity index (χ3n) is 2.07. The highest BCUT2D eigenvalue weighted by atomic mass is 35.5. The largest absolute Gasteiger partial charge is 0.435 e. The van der Waals surface area contributed by atoms with Crippen molar-refractivity contribution in [1.82, 2.24) is 4.98 Å². The molecule has 2 aromatic rings. The monoisotopic (exact) mass is 245 g/mol. The molecule has 0 fully saturated rings. The number of rotatable bonds is 2. The van der Waals surface area contributed by atoms with Gasteiger partial charge in [-0.1, -0.05) is 17.7 Å². The fourth-order valence-electron chi connectivity index (χ4n) is 1.24. The first kappa shape index (κ1) is 11.2. The van der Waals surface area contributed by atoms with E-state index in [9.17, 15) is 0 Å². The molecule has 0 bridgehead atoms. The van der Waals surface area contributed by atoms with Crippen LogP contribution in [0.3, 0.4) is 0 Å². The maximum absolute atomic E-state index is 8.63. The van der Waals surface area contributed by atoms with Gasteiger partial charge in [0.25, 0.3) is 0 Å². The van der Waals surface area contributed by atoms with Crippen molar-refractivity contribution in [2.75, 3.05) is 5.73 Å². The number of ether oxygens (including phenoxy) is 1. The van der Waals surface area contributed by atoms with Gasteiger partial charge >= 0.3 is 0 Å². The lowest BCUT2D eigenvalue weighted by molar-refractivity contribution is 0.465. The van der Waals surface area contributed by atoms with Crippen molar-refractivity contribution in [3.63, 3.8) is 0 Å². The number of pyridine rings is 1. The quantitative estimate of drug-likeness (QED) is 0.826. The zero-order valence-electron chi connectivity index (χ0n) is 8.72. The number of benzene rings is 1. The molecule has 0 saturated heterocycles. The highest BCUT2D eigenvalue weighted by Crippen LogP contribution is 2.33. The third-order valence-corrected chi connectivity index (χ3v) is 2.37. The second-order valence-electron chi connectivity index (χ2n) is 3.26. The second kappa shape index (κ2) is 4.73. The molecule has 17 heavy (non-hydrogen) atoms. The van der Waals surface area contributed by atoms with Gasteiger partial charge in [0.15, 0.2) is 5.75 Å². The van der Waals surface area contributed by atoms with E-state index in [1.54, 1.807) is 30.3 Å². The van der Waals surface area contributed by atoms with Crippen LogP contribution in [0.15, 0.2) is 36.5 Å². The molecule has 0 saturated carbocycles. The molecule has 84 valence electrons. The summed E-state index contributed by atoms with van der Waals surface area (Å²) in [5.74, 6) is 0.704. The Morgan fingerprint density at radius 2 is 2.12 bits per heavy atom. The zero-order chi connectivity index (χ0) is 12.3. The molecule has 0 unspecified atom stereocenters. The first-order valence-electron chi connectivity index (χ1n) is 4.78. The van der Waals surface area contributed by atoms with Gasteiger partial charge in [0, 0.05) is 12.3 Å². The van der Waals surface area contributed by atoms with Gasteiger partial charge in [-0.05, 0) is 18.2 Å². The Kier molecular flexibility index (Phi) is 3.12. The Hall–Kier alpha value is -2.25. The highest BCUT2D eigenvalue weighted by molar-refractivity contribution is 6.32. The van der Waals surface area contributed by atoms with E-state index < -0.39 is 0 Å². The summed E-state index contributed by atoms with van der Waals surface area (Å²) in [7, 11) is 0. The van der Waals surface area contributed by atoms with Gasteiger partial charge in [-0.25, -0.2) is 4.98 Å². The number of para-hydroxylation sites is 1. The number of nitrogen functional groups attached to an aromatic ring is 1. The standard InChI is InChI=1S/C12H8ClN3O/c13-9-2-1-3-10(15)12(9)17-11-5-4-8(6-14)7-16-11/h1-5,7H,15H2. The zero-order valence-corrected chi connectivity index (χ0v) is 9.48. The minimum absolute atomic E-state index is 0.337. The van der Waals surface area contributed by atoms with Crippen LogP contribution in [-0.2, 0) is 0 Å². The number of anilines is 1. The van der Waals surface area contributed by atoms with Gasteiger partial charge in [-0.3, -0.25) is 0 Å². The molecule has 1 aromatic heterocycles. The molecule has 0 aliphatic rings. The molecule has 1 aromatic carbocycles. The Morgan fingerprint density at radius 1 is 1.29 bits per heavy atom. The van der Waals surface area contributed by atoms with Gasteiger partial charge in [0.2, 0.25) is 5.88 Å². The van der Waals surface area contributed by atoms with Crippen LogP contribution >= 0.6 is 11.6 Å². The van der Waals surface area contributed by atoms with Crippen molar-refractivity contribution in [2.24, 2.45) is 0 Å². The Balaban J connectivity index is 2.29. The molecule has 0 aliphatic carbocycles. The van der Waals surface area contributed by atoms with Crippen LogP contribution in [0.2, 0.25) is 5.02 Å². The number of aromatic nitrogens is 1. The molecular formula is C12H8ClN3O. The van der Waals surface area contributed by atoms with Crippen molar-refractivity contribution >= 4 is 17.3 Å². The van der Waals surface area contributed by atoms with Crippen LogP contribution in [0, 0.1) is 11.3 Å². The second-order valence-corrected chi connectivity index (χ2v) is 3.66. The number of hydrogen-bond acceptors (Lipinski definition) is 4. The summed E-state index contributed by atoms with van der Waals surface area (Å²) in [4.78, 5) is 3.97. The number of nitrogens with two attached hydrogens (primary N) is 1. The maximum atomic E-state index is 8.63. The van der Waals surface area contributed by atoms with Crippen LogP contribution in [0.4, 0.5) is 5.69 Å². The summed E-state index contributed by atoms with van der Waals surface area (Å²) >= 11 is 5.95. The molecule has 2 rings (SSSR count). The summed E-state index contributed by atoms with van der Waals surface area (Å²) in [6.45, 7) is 0. The lowest BCUT2D eigenvalue weighted by Crippen LogP contribution is -1.94. The van der Waals surface area contributed by atoms with Gasteiger partial charge in [-0.2, -0.15) is 5.26 Å². The maximum Gasteiger partial charge on any atom is 0.219 e. The van der Waals surface area contributed by atoms with Crippen LogP contribution in [0.5, 0.6) is 11.6 Å². The Labute approximate surface area is 103 Å². The van der Waals surface area contributed by atoms with E-state index >= 15 is 0 Å². The molecule has 1 heterocycles. The minimum Gasteiger partial charge on any atom is -0.435 e. The van der Waals surface area contributed by atoms with Crippen molar-refractivity contribution in [3.05, 3.63) is 47.1 Å². The van der Waals surface area contributed by atoms with E-state index in [1.807, 2.05) is 6.07 Å². The van der Waals surface area contributed by atoms with Crippen molar-refractivity contribution < 1.29 is 4.74 Å². The number of hydrogen-bond donors (Lipinski definition) is 1. The Bertz CT molecular complexity index is 555. The summed E-state index contributed by atoms with van der Waals surface area (Å²) < 4.78 is 5.46. The average molecular weight is 246 g/mol. The normalized spacial score (nSPS) is 9.65. The number of halogens is 1. The number of nitriles is 1. The van der Waals surface area contributed by atoms with E-state index in [-0.39, 0.29) is 0 Å². The number of nitrogens with zero attached hydrogens (tertiary/aromatic N) is 2. The third kappa shape index (κ3) is 2.47. The van der Waals surface area contributed by atoms with Gasteiger partial charge in [0.1, 0.15) is 6.07 Å².